The lowest BCUT2D eigenvalue weighted by atomic mass is 10.00. The van der Waals surface area contributed by atoms with Crippen LogP contribution < -0.4 is 0 Å². The fourth-order valence-electron chi connectivity index (χ4n) is 1.52. The Balaban J connectivity index is 2.23. The first-order chi connectivity index (χ1) is 5.18. The van der Waals surface area contributed by atoms with Crippen LogP contribution in [0.2, 0.25) is 0 Å². The van der Waals surface area contributed by atoms with Crippen molar-refractivity contribution in [3.63, 3.8) is 0 Å². The van der Waals surface area contributed by atoms with E-state index in [9.17, 15) is 0 Å². The summed E-state index contributed by atoms with van der Waals surface area (Å²) in [5.74, 6) is 0.779. The molecule has 11 heavy (non-hydrogen) atoms. The summed E-state index contributed by atoms with van der Waals surface area (Å²) < 4.78 is 6.51. The fourth-order valence-corrected chi connectivity index (χ4v) is 2.35. The molecule has 1 saturated heterocycles. The highest BCUT2D eigenvalue weighted by atomic mass is 127. The van der Waals surface area contributed by atoms with Crippen LogP contribution in [-0.4, -0.2) is 16.6 Å². The Hall–Kier alpha value is 0.690. The molecule has 2 heteroatoms. The van der Waals surface area contributed by atoms with Crippen molar-refractivity contribution in [3.8, 4) is 0 Å². The highest BCUT2D eigenvalue weighted by Crippen LogP contribution is 2.24. The average Bonchev–Trinajstić information content (AvgIpc) is 1.85. The molecule has 66 valence electrons. The summed E-state index contributed by atoms with van der Waals surface area (Å²) in [6.07, 6.45) is 4.29. The molecule has 0 saturated carbocycles. The van der Waals surface area contributed by atoms with Crippen LogP contribution in [0.3, 0.4) is 0 Å². The summed E-state index contributed by atoms with van der Waals surface area (Å²) in [6, 6.07) is 0. The molecule has 0 radical (unpaired) electrons. The highest BCUT2D eigenvalue weighted by molar-refractivity contribution is 14.1. The van der Waals surface area contributed by atoms with E-state index in [1.54, 1.807) is 0 Å². The number of ether oxygens (including phenoxy) is 1. The van der Waals surface area contributed by atoms with Crippen LogP contribution >= 0.6 is 22.6 Å². The fraction of sp³-hybridized carbons (Fsp3) is 1.00. The molecule has 0 spiro atoms. The second kappa shape index (κ2) is 4.65. The number of hydrogen-bond donors (Lipinski definition) is 0. The number of alkyl halides is 1. The van der Waals surface area contributed by atoms with E-state index >= 15 is 0 Å². The van der Waals surface area contributed by atoms with Gasteiger partial charge < -0.3 is 4.74 Å². The first kappa shape index (κ1) is 9.78. The molecule has 0 bridgehead atoms. The van der Waals surface area contributed by atoms with Gasteiger partial charge in [0.2, 0.25) is 0 Å². The Bertz CT molecular complexity index is 112. The van der Waals surface area contributed by atoms with Crippen molar-refractivity contribution in [2.45, 2.75) is 43.1 Å². The van der Waals surface area contributed by atoms with Gasteiger partial charge in [-0.05, 0) is 25.2 Å². The molecule has 1 aliphatic rings. The van der Waals surface area contributed by atoms with Crippen molar-refractivity contribution in [3.05, 3.63) is 0 Å². The number of hydrogen-bond acceptors (Lipinski definition) is 1. The summed E-state index contributed by atoms with van der Waals surface area (Å²) in [5, 5.41) is 0. The lowest BCUT2D eigenvalue weighted by Crippen LogP contribution is -2.26. The molecule has 1 aliphatic heterocycles. The summed E-state index contributed by atoms with van der Waals surface area (Å²) in [5.41, 5.74) is 0. The third-order valence-electron chi connectivity index (χ3n) is 2.04. The SMILES string of the molecule is CC(C)C[C@H]1C[C@@H](I)CCO1. The minimum Gasteiger partial charge on any atom is -0.378 e. The van der Waals surface area contributed by atoms with E-state index in [1.165, 1.54) is 19.3 Å². The highest BCUT2D eigenvalue weighted by Gasteiger charge is 2.20. The molecule has 2 atom stereocenters. The second-order valence-corrected chi connectivity index (χ2v) is 5.51. The van der Waals surface area contributed by atoms with Crippen LogP contribution in [0.1, 0.15) is 33.1 Å². The van der Waals surface area contributed by atoms with Crippen molar-refractivity contribution in [1.29, 1.82) is 0 Å². The number of rotatable bonds is 2. The van der Waals surface area contributed by atoms with E-state index in [2.05, 4.69) is 36.4 Å². The first-order valence-corrected chi connectivity index (χ1v) is 5.68. The third kappa shape index (κ3) is 3.74. The Kier molecular flexibility index (Phi) is 4.13. The van der Waals surface area contributed by atoms with Gasteiger partial charge in [0.15, 0.2) is 0 Å². The molecule has 0 amide bonds. The molecule has 0 aliphatic carbocycles. The largest absolute Gasteiger partial charge is 0.378 e. The average molecular weight is 268 g/mol. The predicted octanol–water partition coefficient (Wildman–Crippen LogP) is 3.02. The lowest BCUT2D eigenvalue weighted by molar-refractivity contribution is 0.00884. The van der Waals surface area contributed by atoms with Gasteiger partial charge in [0.25, 0.3) is 0 Å². The van der Waals surface area contributed by atoms with E-state index in [-0.39, 0.29) is 0 Å². The Morgan fingerprint density at radius 1 is 1.55 bits per heavy atom. The molecule has 1 heterocycles. The first-order valence-electron chi connectivity index (χ1n) is 4.44. The maximum atomic E-state index is 5.65. The summed E-state index contributed by atoms with van der Waals surface area (Å²) in [6.45, 7) is 5.51. The summed E-state index contributed by atoms with van der Waals surface area (Å²) >= 11 is 2.54. The summed E-state index contributed by atoms with van der Waals surface area (Å²) in [7, 11) is 0. The molecule has 0 aromatic carbocycles. The zero-order chi connectivity index (χ0) is 8.27. The molecule has 0 unspecified atom stereocenters. The van der Waals surface area contributed by atoms with Crippen molar-refractivity contribution in [1.82, 2.24) is 0 Å². The van der Waals surface area contributed by atoms with Crippen LogP contribution in [0.4, 0.5) is 0 Å². The third-order valence-corrected chi connectivity index (χ3v) is 3.17. The Morgan fingerprint density at radius 3 is 2.82 bits per heavy atom. The second-order valence-electron chi connectivity index (χ2n) is 3.74. The predicted molar refractivity (Wildman–Crippen MR) is 56.2 cm³/mol. The normalized spacial score (nSPS) is 32.7. The molecule has 0 aromatic rings. The van der Waals surface area contributed by atoms with Gasteiger partial charge in [0.1, 0.15) is 0 Å². The van der Waals surface area contributed by atoms with Crippen molar-refractivity contribution < 1.29 is 4.74 Å². The Labute approximate surface area is 83.0 Å². The van der Waals surface area contributed by atoms with Gasteiger partial charge in [0.05, 0.1) is 6.10 Å². The van der Waals surface area contributed by atoms with E-state index in [0.717, 1.165) is 16.4 Å². The van der Waals surface area contributed by atoms with Crippen LogP contribution in [0.25, 0.3) is 0 Å². The topological polar surface area (TPSA) is 9.23 Å². The lowest BCUT2D eigenvalue weighted by Gasteiger charge is -2.27. The van der Waals surface area contributed by atoms with Gasteiger partial charge in [-0.1, -0.05) is 36.4 Å². The van der Waals surface area contributed by atoms with Gasteiger partial charge >= 0.3 is 0 Å². The molecule has 1 rings (SSSR count). The molecular formula is C9H17IO. The smallest absolute Gasteiger partial charge is 0.0587 e. The zero-order valence-electron chi connectivity index (χ0n) is 7.35. The molecular weight excluding hydrogens is 251 g/mol. The van der Waals surface area contributed by atoms with E-state index in [0.29, 0.717) is 6.10 Å². The van der Waals surface area contributed by atoms with E-state index in [4.69, 9.17) is 4.74 Å². The molecule has 1 fully saturated rings. The van der Waals surface area contributed by atoms with E-state index < -0.39 is 0 Å². The van der Waals surface area contributed by atoms with Crippen molar-refractivity contribution in [2.75, 3.05) is 6.61 Å². The van der Waals surface area contributed by atoms with Gasteiger partial charge in [0, 0.05) is 10.5 Å². The maximum absolute atomic E-state index is 5.65. The molecule has 1 nitrogen and oxygen atoms in total. The van der Waals surface area contributed by atoms with Crippen LogP contribution in [0.15, 0.2) is 0 Å². The Morgan fingerprint density at radius 2 is 2.27 bits per heavy atom. The van der Waals surface area contributed by atoms with Crippen molar-refractivity contribution in [2.24, 2.45) is 5.92 Å². The minimum absolute atomic E-state index is 0.547. The van der Waals surface area contributed by atoms with Gasteiger partial charge in [-0.3, -0.25) is 0 Å². The van der Waals surface area contributed by atoms with Gasteiger partial charge in [-0.2, -0.15) is 0 Å². The van der Waals surface area contributed by atoms with Gasteiger partial charge in [-0.15, -0.1) is 0 Å². The quantitative estimate of drug-likeness (QED) is 0.552. The van der Waals surface area contributed by atoms with Crippen LogP contribution in [-0.2, 0) is 4.74 Å². The molecule has 0 aromatic heterocycles. The standard InChI is InChI=1S/C9H17IO/c1-7(2)5-9-6-8(10)3-4-11-9/h7-9H,3-6H2,1-2H3/t8-,9-/m0/s1. The molecule has 0 N–H and O–H groups in total. The van der Waals surface area contributed by atoms with E-state index in [1.807, 2.05) is 0 Å². The van der Waals surface area contributed by atoms with Crippen LogP contribution in [0, 0.1) is 5.92 Å². The zero-order valence-corrected chi connectivity index (χ0v) is 9.50. The van der Waals surface area contributed by atoms with Gasteiger partial charge in [-0.25, -0.2) is 0 Å². The minimum atomic E-state index is 0.547. The monoisotopic (exact) mass is 268 g/mol. The maximum Gasteiger partial charge on any atom is 0.0587 e. The van der Waals surface area contributed by atoms with Crippen molar-refractivity contribution >= 4 is 22.6 Å². The number of halogens is 1. The van der Waals surface area contributed by atoms with Crippen LogP contribution in [0.5, 0.6) is 0 Å². The summed E-state index contributed by atoms with van der Waals surface area (Å²) in [4.78, 5) is 0.